The second-order valence-corrected chi connectivity index (χ2v) is 7.21. The summed E-state index contributed by atoms with van der Waals surface area (Å²) in [5, 5.41) is 0.611. The largest absolute Gasteiger partial charge is 0.329 e. The maximum absolute atomic E-state index is 13.1. The molecule has 0 bridgehead atoms. The van der Waals surface area contributed by atoms with Gasteiger partial charge >= 0.3 is 0 Å². The van der Waals surface area contributed by atoms with Gasteiger partial charge in [-0.3, -0.25) is 4.79 Å². The van der Waals surface area contributed by atoms with Gasteiger partial charge in [0.15, 0.2) is 0 Å². The SMILES string of the molecule is O=C(c1ccc(Cl)cc1)N(Cc1nccn1Cc1ccc(F)cc1)C1CC1. The van der Waals surface area contributed by atoms with E-state index in [1.807, 2.05) is 15.7 Å². The van der Waals surface area contributed by atoms with Crippen molar-refractivity contribution in [3.8, 4) is 0 Å². The van der Waals surface area contributed by atoms with E-state index < -0.39 is 0 Å². The van der Waals surface area contributed by atoms with Gasteiger partial charge in [0.05, 0.1) is 6.54 Å². The van der Waals surface area contributed by atoms with Crippen molar-refractivity contribution in [2.24, 2.45) is 0 Å². The van der Waals surface area contributed by atoms with E-state index >= 15 is 0 Å². The Bertz CT molecular complexity index is 933. The van der Waals surface area contributed by atoms with E-state index in [9.17, 15) is 9.18 Å². The van der Waals surface area contributed by atoms with Crippen molar-refractivity contribution in [2.75, 3.05) is 0 Å². The molecule has 3 aromatic rings. The van der Waals surface area contributed by atoms with Crippen LogP contribution < -0.4 is 0 Å². The summed E-state index contributed by atoms with van der Waals surface area (Å²) in [7, 11) is 0. The highest BCUT2D eigenvalue weighted by Gasteiger charge is 2.33. The molecule has 0 unspecified atom stereocenters. The zero-order valence-corrected chi connectivity index (χ0v) is 15.4. The summed E-state index contributed by atoms with van der Waals surface area (Å²) in [5.74, 6) is 0.553. The first kappa shape index (κ1) is 17.7. The monoisotopic (exact) mass is 383 g/mol. The van der Waals surface area contributed by atoms with Crippen LogP contribution in [0.2, 0.25) is 5.02 Å². The molecule has 1 aliphatic rings. The predicted octanol–water partition coefficient (Wildman–Crippen LogP) is 4.53. The summed E-state index contributed by atoms with van der Waals surface area (Å²) in [5.41, 5.74) is 1.61. The molecule has 0 atom stereocenters. The summed E-state index contributed by atoms with van der Waals surface area (Å²) in [6.07, 6.45) is 5.64. The molecular formula is C21H19ClFN3O. The molecule has 0 N–H and O–H groups in total. The summed E-state index contributed by atoms with van der Waals surface area (Å²) in [4.78, 5) is 19.3. The highest BCUT2D eigenvalue weighted by Crippen LogP contribution is 2.30. The number of carbonyl (C=O) groups is 1. The molecule has 0 radical (unpaired) electrons. The van der Waals surface area contributed by atoms with E-state index in [0.29, 0.717) is 23.7 Å². The molecule has 4 rings (SSSR count). The molecule has 1 amide bonds. The number of benzene rings is 2. The lowest BCUT2D eigenvalue weighted by Crippen LogP contribution is -2.33. The van der Waals surface area contributed by atoms with Gasteiger partial charge in [-0.2, -0.15) is 0 Å². The number of aromatic nitrogens is 2. The minimum atomic E-state index is -0.252. The minimum Gasteiger partial charge on any atom is -0.329 e. The summed E-state index contributed by atoms with van der Waals surface area (Å²) in [6, 6.07) is 13.6. The third kappa shape index (κ3) is 4.19. The maximum Gasteiger partial charge on any atom is 0.254 e. The zero-order valence-electron chi connectivity index (χ0n) is 14.7. The number of hydrogen-bond donors (Lipinski definition) is 0. The standard InChI is InChI=1S/C21H19ClFN3O/c22-17-5-3-16(4-6-17)21(27)26(19-9-10-19)14-20-24-11-12-25(20)13-15-1-7-18(23)8-2-15/h1-8,11-12,19H,9-10,13-14H2. The minimum absolute atomic E-state index is 0.00880. The Morgan fingerprint density at radius 2 is 1.85 bits per heavy atom. The normalized spacial score (nSPS) is 13.6. The van der Waals surface area contributed by atoms with Crippen LogP contribution in [0.25, 0.3) is 0 Å². The molecule has 138 valence electrons. The molecule has 1 heterocycles. The van der Waals surface area contributed by atoms with Gasteiger partial charge in [-0.15, -0.1) is 0 Å². The average Bonchev–Trinajstić information content (AvgIpc) is 3.42. The van der Waals surface area contributed by atoms with Crippen LogP contribution in [0.3, 0.4) is 0 Å². The van der Waals surface area contributed by atoms with Crippen LogP contribution in [0.5, 0.6) is 0 Å². The van der Waals surface area contributed by atoms with Crippen LogP contribution in [0.15, 0.2) is 60.9 Å². The van der Waals surface area contributed by atoms with Crippen molar-refractivity contribution in [3.05, 3.63) is 88.7 Å². The lowest BCUT2D eigenvalue weighted by molar-refractivity contribution is 0.0723. The topological polar surface area (TPSA) is 38.1 Å². The number of imidazole rings is 1. The summed E-state index contributed by atoms with van der Waals surface area (Å²) in [6.45, 7) is 1.03. The molecule has 1 saturated carbocycles. The fourth-order valence-corrected chi connectivity index (χ4v) is 3.21. The Balaban J connectivity index is 1.53. The van der Waals surface area contributed by atoms with Crippen molar-refractivity contribution in [3.63, 3.8) is 0 Å². The van der Waals surface area contributed by atoms with Crippen molar-refractivity contribution in [1.29, 1.82) is 0 Å². The molecule has 0 saturated heterocycles. The molecule has 1 aromatic heterocycles. The molecule has 4 nitrogen and oxygen atoms in total. The van der Waals surface area contributed by atoms with E-state index in [4.69, 9.17) is 11.6 Å². The number of amides is 1. The molecule has 0 aliphatic heterocycles. The number of hydrogen-bond acceptors (Lipinski definition) is 2. The smallest absolute Gasteiger partial charge is 0.254 e. The van der Waals surface area contributed by atoms with E-state index in [1.54, 1.807) is 42.6 Å². The quantitative estimate of drug-likeness (QED) is 0.627. The maximum atomic E-state index is 13.1. The third-order valence-electron chi connectivity index (χ3n) is 4.72. The van der Waals surface area contributed by atoms with E-state index in [2.05, 4.69) is 4.98 Å². The first-order chi connectivity index (χ1) is 13.1. The van der Waals surface area contributed by atoms with Crippen LogP contribution in [-0.2, 0) is 13.1 Å². The number of halogens is 2. The fraction of sp³-hybridized carbons (Fsp3) is 0.238. The lowest BCUT2D eigenvalue weighted by atomic mass is 10.2. The van der Waals surface area contributed by atoms with Gasteiger partial charge in [-0.1, -0.05) is 23.7 Å². The lowest BCUT2D eigenvalue weighted by Gasteiger charge is -2.23. The molecule has 1 fully saturated rings. The molecule has 27 heavy (non-hydrogen) atoms. The highest BCUT2D eigenvalue weighted by molar-refractivity contribution is 6.30. The van der Waals surface area contributed by atoms with Gasteiger partial charge in [-0.05, 0) is 54.8 Å². The van der Waals surface area contributed by atoms with Crippen LogP contribution in [0.1, 0.15) is 34.6 Å². The van der Waals surface area contributed by atoms with Crippen LogP contribution in [0, 0.1) is 5.82 Å². The molecule has 0 spiro atoms. The van der Waals surface area contributed by atoms with Crippen LogP contribution in [-0.4, -0.2) is 26.4 Å². The van der Waals surface area contributed by atoms with Gasteiger partial charge in [0.2, 0.25) is 0 Å². The second kappa shape index (κ2) is 7.53. The first-order valence-electron chi connectivity index (χ1n) is 8.91. The fourth-order valence-electron chi connectivity index (χ4n) is 3.09. The van der Waals surface area contributed by atoms with Crippen molar-refractivity contribution >= 4 is 17.5 Å². The number of rotatable bonds is 6. The highest BCUT2D eigenvalue weighted by atomic mass is 35.5. The number of carbonyl (C=O) groups excluding carboxylic acids is 1. The van der Waals surface area contributed by atoms with E-state index in [1.165, 1.54) is 12.1 Å². The van der Waals surface area contributed by atoms with E-state index in [0.717, 1.165) is 24.2 Å². The van der Waals surface area contributed by atoms with Crippen LogP contribution in [0.4, 0.5) is 4.39 Å². The molecular weight excluding hydrogens is 365 g/mol. The first-order valence-corrected chi connectivity index (χ1v) is 9.29. The Hall–Kier alpha value is -2.66. The van der Waals surface area contributed by atoms with Gasteiger partial charge in [0, 0.05) is 35.6 Å². The van der Waals surface area contributed by atoms with Gasteiger partial charge in [-0.25, -0.2) is 9.37 Å². The Morgan fingerprint density at radius 3 is 2.52 bits per heavy atom. The van der Waals surface area contributed by atoms with Gasteiger partial charge in [0.1, 0.15) is 11.6 Å². The average molecular weight is 384 g/mol. The number of nitrogens with zero attached hydrogens (tertiary/aromatic N) is 3. The Labute approximate surface area is 162 Å². The Kier molecular flexibility index (Phi) is 4.94. The van der Waals surface area contributed by atoms with Crippen LogP contribution >= 0.6 is 11.6 Å². The van der Waals surface area contributed by atoms with E-state index in [-0.39, 0.29) is 17.8 Å². The predicted molar refractivity (Wildman–Crippen MR) is 102 cm³/mol. The molecule has 2 aromatic carbocycles. The Morgan fingerprint density at radius 1 is 1.15 bits per heavy atom. The zero-order chi connectivity index (χ0) is 18.8. The van der Waals surface area contributed by atoms with Crippen molar-refractivity contribution in [1.82, 2.24) is 14.5 Å². The second-order valence-electron chi connectivity index (χ2n) is 6.77. The molecule has 1 aliphatic carbocycles. The third-order valence-corrected chi connectivity index (χ3v) is 4.97. The van der Waals surface area contributed by atoms with Gasteiger partial charge in [0.25, 0.3) is 5.91 Å². The summed E-state index contributed by atoms with van der Waals surface area (Å²) < 4.78 is 15.1. The van der Waals surface area contributed by atoms with Gasteiger partial charge < -0.3 is 9.47 Å². The van der Waals surface area contributed by atoms with Crippen molar-refractivity contribution in [2.45, 2.75) is 32.0 Å². The summed E-state index contributed by atoms with van der Waals surface area (Å²) >= 11 is 5.93. The molecule has 6 heteroatoms. The van der Waals surface area contributed by atoms with Crippen molar-refractivity contribution < 1.29 is 9.18 Å².